The Hall–Kier alpha value is -2.51. The van der Waals surface area contributed by atoms with Crippen molar-refractivity contribution in [3.05, 3.63) is 64.6 Å². The molecule has 0 saturated heterocycles. The van der Waals surface area contributed by atoms with Gasteiger partial charge in [-0.1, -0.05) is 24.3 Å². The summed E-state index contributed by atoms with van der Waals surface area (Å²) in [4.78, 5) is 12.1. The lowest BCUT2D eigenvalue weighted by Crippen LogP contribution is -2.00. The number of carbonyl (C=O) groups is 1. The van der Waals surface area contributed by atoms with Crippen LogP contribution in [-0.2, 0) is 21.1 Å². The lowest BCUT2D eigenvalue weighted by Gasteiger charge is -2.09. The summed E-state index contributed by atoms with van der Waals surface area (Å²) in [5.41, 5.74) is 3.00. The Kier molecular flexibility index (Phi) is 4.93. The minimum atomic E-state index is -3.32. The molecule has 0 amide bonds. The van der Waals surface area contributed by atoms with Gasteiger partial charge in [-0.3, -0.25) is 4.79 Å². The molecule has 7 heteroatoms. The van der Waals surface area contributed by atoms with E-state index in [2.05, 4.69) is 0 Å². The number of rotatable bonds is 5. The summed E-state index contributed by atoms with van der Waals surface area (Å²) in [6.45, 7) is 0. The average Bonchev–Trinajstić information content (AvgIpc) is 2.97. The van der Waals surface area contributed by atoms with Gasteiger partial charge in [0.05, 0.1) is 11.3 Å². The third-order valence-electron chi connectivity index (χ3n) is 3.91. The molecular formula is C19H15FO4S2. The van der Waals surface area contributed by atoms with Gasteiger partial charge in [0.1, 0.15) is 5.82 Å². The first-order valence-corrected chi connectivity index (χ1v) is 10.4. The lowest BCUT2D eigenvalue weighted by molar-refractivity contribution is -0.136. The van der Waals surface area contributed by atoms with Crippen LogP contribution in [-0.4, -0.2) is 25.7 Å². The maximum atomic E-state index is 13.2. The summed E-state index contributed by atoms with van der Waals surface area (Å²) in [6.07, 6.45) is 0.988. The summed E-state index contributed by atoms with van der Waals surface area (Å²) in [5.74, 6) is -1.31. The molecule has 0 bridgehead atoms. The second kappa shape index (κ2) is 7.01. The van der Waals surface area contributed by atoms with Crippen molar-refractivity contribution in [3.8, 4) is 22.3 Å². The van der Waals surface area contributed by atoms with Crippen molar-refractivity contribution in [2.75, 3.05) is 6.26 Å². The van der Waals surface area contributed by atoms with Crippen molar-refractivity contribution in [2.45, 2.75) is 11.3 Å². The van der Waals surface area contributed by atoms with E-state index in [0.29, 0.717) is 10.4 Å². The molecule has 0 atom stereocenters. The quantitative estimate of drug-likeness (QED) is 0.707. The number of sulfone groups is 1. The normalized spacial score (nSPS) is 11.5. The van der Waals surface area contributed by atoms with E-state index in [9.17, 15) is 22.7 Å². The average molecular weight is 390 g/mol. The van der Waals surface area contributed by atoms with Crippen LogP contribution in [0.3, 0.4) is 0 Å². The summed E-state index contributed by atoms with van der Waals surface area (Å²) in [7, 11) is -3.32. The van der Waals surface area contributed by atoms with E-state index in [-0.39, 0.29) is 17.1 Å². The minimum Gasteiger partial charge on any atom is -0.481 e. The van der Waals surface area contributed by atoms with Gasteiger partial charge in [-0.05, 0) is 40.8 Å². The Bertz CT molecular complexity index is 1050. The fraction of sp³-hybridized carbons (Fsp3) is 0.105. The number of hydrogen-bond acceptors (Lipinski definition) is 4. The summed E-state index contributed by atoms with van der Waals surface area (Å²) in [5, 5.41) is 11.0. The number of hydrogen-bond donors (Lipinski definition) is 1. The summed E-state index contributed by atoms with van der Waals surface area (Å²) in [6, 6.07) is 12.3. The second-order valence-corrected chi connectivity index (χ2v) is 8.80. The van der Waals surface area contributed by atoms with Gasteiger partial charge in [0, 0.05) is 22.3 Å². The zero-order chi connectivity index (χ0) is 18.9. The SMILES string of the molecule is CS(=O)(=O)c1ccc(-c2c(-c3ccc(F)cc3)csc2CC(=O)O)cc1. The Balaban J connectivity index is 2.15. The monoisotopic (exact) mass is 390 g/mol. The molecular weight excluding hydrogens is 375 g/mol. The van der Waals surface area contributed by atoms with Crippen molar-refractivity contribution < 1.29 is 22.7 Å². The van der Waals surface area contributed by atoms with Crippen LogP contribution in [0.2, 0.25) is 0 Å². The van der Waals surface area contributed by atoms with Crippen LogP contribution in [0.5, 0.6) is 0 Å². The lowest BCUT2D eigenvalue weighted by atomic mass is 9.96. The number of thiophene rings is 1. The molecule has 0 unspecified atom stereocenters. The topological polar surface area (TPSA) is 71.4 Å². The van der Waals surface area contributed by atoms with E-state index in [1.807, 2.05) is 5.38 Å². The van der Waals surface area contributed by atoms with Crippen molar-refractivity contribution in [1.82, 2.24) is 0 Å². The molecule has 0 aliphatic rings. The fourth-order valence-corrected chi connectivity index (χ4v) is 4.39. The molecule has 0 fully saturated rings. The van der Waals surface area contributed by atoms with Crippen molar-refractivity contribution >= 4 is 27.1 Å². The largest absolute Gasteiger partial charge is 0.481 e. The van der Waals surface area contributed by atoms with Crippen LogP contribution in [0.4, 0.5) is 4.39 Å². The van der Waals surface area contributed by atoms with Crippen molar-refractivity contribution in [1.29, 1.82) is 0 Å². The molecule has 0 aliphatic carbocycles. The van der Waals surface area contributed by atoms with Crippen LogP contribution in [0, 0.1) is 5.82 Å². The molecule has 0 spiro atoms. The van der Waals surface area contributed by atoms with Crippen LogP contribution < -0.4 is 0 Å². The van der Waals surface area contributed by atoms with Gasteiger partial charge < -0.3 is 5.11 Å². The van der Waals surface area contributed by atoms with Crippen molar-refractivity contribution in [2.24, 2.45) is 0 Å². The molecule has 3 rings (SSSR count). The van der Waals surface area contributed by atoms with E-state index in [1.54, 1.807) is 24.3 Å². The predicted molar refractivity (Wildman–Crippen MR) is 99.6 cm³/mol. The van der Waals surface area contributed by atoms with E-state index in [4.69, 9.17) is 0 Å². The number of carboxylic acids is 1. The minimum absolute atomic E-state index is 0.144. The molecule has 1 N–H and O–H groups in total. The van der Waals surface area contributed by atoms with Gasteiger partial charge in [-0.15, -0.1) is 11.3 Å². The van der Waals surface area contributed by atoms with Gasteiger partial charge >= 0.3 is 5.97 Å². The zero-order valence-electron chi connectivity index (χ0n) is 13.8. The molecule has 0 aliphatic heterocycles. The van der Waals surface area contributed by atoms with E-state index >= 15 is 0 Å². The standard InChI is InChI=1S/C19H15FO4S2/c1-26(23,24)15-8-4-13(5-9-15)19-16(11-25-17(19)10-18(21)22)12-2-6-14(20)7-3-12/h2-9,11H,10H2,1H3,(H,21,22). The van der Waals surface area contributed by atoms with E-state index in [0.717, 1.165) is 22.9 Å². The first kappa shape index (κ1) is 18.3. The molecule has 0 saturated carbocycles. The van der Waals surface area contributed by atoms with Crippen LogP contribution in [0.15, 0.2) is 58.8 Å². The van der Waals surface area contributed by atoms with Crippen LogP contribution in [0.1, 0.15) is 4.88 Å². The van der Waals surface area contributed by atoms with Gasteiger partial charge in [-0.25, -0.2) is 12.8 Å². The van der Waals surface area contributed by atoms with E-state index in [1.165, 1.54) is 35.6 Å². The summed E-state index contributed by atoms with van der Waals surface area (Å²) >= 11 is 1.32. The van der Waals surface area contributed by atoms with Crippen LogP contribution in [0.25, 0.3) is 22.3 Å². The second-order valence-electron chi connectivity index (χ2n) is 5.82. The predicted octanol–water partition coefficient (Wildman–Crippen LogP) is 4.25. The number of carboxylic acid groups (broad SMARTS) is 1. The van der Waals surface area contributed by atoms with Gasteiger partial charge in [-0.2, -0.15) is 0 Å². The molecule has 1 aromatic heterocycles. The van der Waals surface area contributed by atoms with Gasteiger partial charge in [0.15, 0.2) is 9.84 Å². The zero-order valence-corrected chi connectivity index (χ0v) is 15.4. The van der Waals surface area contributed by atoms with Crippen LogP contribution >= 0.6 is 11.3 Å². The highest BCUT2D eigenvalue weighted by Gasteiger charge is 2.18. The Labute approximate surface area is 154 Å². The van der Waals surface area contributed by atoms with Crippen molar-refractivity contribution in [3.63, 3.8) is 0 Å². The maximum Gasteiger partial charge on any atom is 0.308 e. The number of aliphatic carboxylic acids is 1. The molecule has 0 radical (unpaired) electrons. The highest BCUT2D eigenvalue weighted by atomic mass is 32.2. The first-order chi connectivity index (χ1) is 12.3. The number of benzene rings is 2. The summed E-state index contributed by atoms with van der Waals surface area (Å²) < 4.78 is 36.5. The Morgan fingerprint density at radius 2 is 1.62 bits per heavy atom. The van der Waals surface area contributed by atoms with E-state index < -0.39 is 15.8 Å². The third-order valence-corrected chi connectivity index (χ3v) is 6.02. The van der Waals surface area contributed by atoms with Gasteiger partial charge in [0.25, 0.3) is 0 Å². The van der Waals surface area contributed by atoms with Gasteiger partial charge in [0.2, 0.25) is 0 Å². The molecule has 1 heterocycles. The smallest absolute Gasteiger partial charge is 0.308 e. The highest BCUT2D eigenvalue weighted by Crippen LogP contribution is 2.40. The molecule has 26 heavy (non-hydrogen) atoms. The third kappa shape index (κ3) is 3.84. The molecule has 2 aromatic carbocycles. The number of halogens is 1. The highest BCUT2D eigenvalue weighted by molar-refractivity contribution is 7.90. The molecule has 3 aromatic rings. The molecule has 134 valence electrons. The Morgan fingerprint density at radius 1 is 1.04 bits per heavy atom. The fourth-order valence-electron chi connectivity index (χ4n) is 2.69. The maximum absolute atomic E-state index is 13.2. The Morgan fingerprint density at radius 3 is 2.15 bits per heavy atom. The molecule has 4 nitrogen and oxygen atoms in total. The first-order valence-electron chi connectivity index (χ1n) is 7.64.